The van der Waals surface area contributed by atoms with Gasteiger partial charge in [-0.15, -0.1) is 0 Å². The van der Waals surface area contributed by atoms with Crippen LogP contribution < -0.4 is 0 Å². The van der Waals surface area contributed by atoms with Crippen molar-refractivity contribution in [1.29, 1.82) is 5.26 Å². The SMILES string of the molecule is Cc1nn(C)c(C)c1CC(=O)N1CCC(C#N)CC1. The fraction of sp³-hybridized carbons (Fsp3) is 0.643. The highest BCUT2D eigenvalue weighted by atomic mass is 16.2. The molecule has 1 fully saturated rings. The van der Waals surface area contributed by atoms with Crippen LogP contribution in [0.2, 0.25) is 0 Å². The van der Waals surface area contributed by atoms with E-state index in [1.54, 1.807) is 0 Å². The summed E-state index contributed by atoms with van der Waals surface area (Å²) in [4.78, 5) is 14.2. The van der Waals surface area contributed by atoms with Crippen molar-refractivity contribution in [2.75, 3.05) is 13.1 Å². The molecule has 0 unspecified atom stereocenters. The molecule has 1 aliphatic rings. The molecule has 1 amide bonds. The monoisotopic (exact) mass is 260 g/mol. The topological polar surface area (TPSA) is 61.9 Å². The number of aromatic nitrogens is 2. The predicted octanol–water partition coefficient (Wildman–Crippen LogP) is 1.34. The quantitative estimate of drug-likeness (QED) is 0.806. The Kier molecular flexibility index (Phi) is 3.89. The number of carbonyl (C=O) groups excluding carboxylic acids is 1. The molecule has 2 rings (SSSR count). The van der Waals surface area contributed by atoms with E-state index in [1.165, 1.54) is 0 Å². The van der Waals surface area contributed by atoms with E-state index in [-0.39, 0.29) is 11.8 Å². The van der Waals surface area contributed by atoms with Crippen molar-refractivity contribution in [3.8, 4) is 6.07 Å². The molecular weight excluding hydrogens is 240 g/mol. The van der Waals surface area contributed by atoms with E-state index in [1.807, 2.05) is 30.5 Å². The summed E-state index contributed by atoms with van der Waals surface area (Å²) in [7, 11) is 1.90. The third-order valence-corrected chi connectivity index (χ3v) is 4.02. The normalized spacial score (nSPS) is 16.4. The third-order valence-electron chi connectivity index (χ3n) is 4.02. The number of aryl methyl sites for hydroxylation is 2. The van der Waals surface area contributed by atoms with Crippen molar-refractivity contribution in [2.45, 2.75) is 33.1 Å². The molecule has 1 aromatic heterocycles. The molecule has 5 nitrogen and oxygen atoms in total. The molecule has 0 N–H and O–H groups in total. The minimum absolute atomic E-state index is 0.117. The standard InChI is InChI=1S/C14H20N4O/c1-10-13(11(2)17(3)16-10)8-14(19)18-6-4-12(9-15)5-7-18/h12H,4-8H2,1-3H3. The summed E-state index contributed by atoms with van der Waals surface area (Å²) >= 11 is 0. The minimum Gasteiger partial charge on any atom is -0.342 e. The smallest absolute Gasteiger partial charge is 0.227 e. The Balaban J connectivity index is 2.00. The van der Waals surface area contributed by atoms with Crippen LogP contribution in [-0.2, 0) is 18.3 Å². The molecule has 2 heterocycles. The van der Waals surface area contributed by atoms with Crippen molar-refractivity contribution in [3.63, 3.8) is 0 Å². The zero-order valence-corrected chi connectivity index (χ0v) is 11.8. The molecule has 0 aromatic carbocycles. The number of hydrogen-bond donors (Lipinski definition) is 0. The van der Waals surface area contributed by atoms with Gasteiger partial charge in [0.15, 0.2) is 0 Å². The van der Waals surface area contributed by atoms with Gasteiger partial charge in [0, 0.05) is 37.3 Å². The molecule has 0 saturated carbocycles. The number of carbonyl (C=O) groups is 1. The number of likely N-dealkylation sites (tertiary alicyclic amines) is 1. The number of piperidine rings is 1. The number of nitriles is 1. The number of nitrogens with zero attached hydrogens (tertiary/aromatic N) is 4. The van der Waals surface area contributed by atoms with Crippen molar-refractivity contribution in [2.24, 2.45) is 13.0 Å². The Morgan fingerprint density at radius 2 is 2.05 bits per heavy atom. The largest absolute Gasteiger partial charge is 0.342 e. The van der Waals surface area contributed by atoms with Gasteiger partial charge < -0.3 is 4.90 Å². The molecular formula is C14H20N4O. The Morgan fingerprint density at radius 3 is 2.53 bits per heavy atom. The molecule has 1 aliphatic heterocycles. The van der Waals surface area contributed by atoms with Crippen LogP contribution in [-0.4, -0.2) is 33.7 Å². The van der Waals surface area contributed by atoms with Crippen LogP contribution in [0.15, 0.2) is 0 Å². The first kappa shape index (κ1) is 13.6. The Bertz CT molecular complexity index is 518. The Hall–Kier alpha value is -1.83. The first-order chi connectivity index (χ1) is 9.02. The molecule has 0 spiro atoms. The first-order valence-corrected chi connectivity index (χ1v) is 6.69. The van der Waals surface area contributed by atoms with Gasteiger partial charge >= 0.3 is 0 Å². The summed E-state index contributed by atoms with van der Waals surface area (Å²) in [6.45, 7) is 5.34. The van der Waals surface area contributed by atoms with Gasteiger partial charge in [0.05, 0.1) is 18.2 Å². The molecule has 0 radical (unpaired) electrons. The summed E-state index contributed by atoms with van der Waals surface area (Å²) in [6.07, 6.45) is 2.02. The van der Waals surface area contributed by atoms with Crippen molar-refractivity contribution in [1.82, 2.24) is 14.7 Å². The van der Waals surface area contributed by atoms with E-state index >= 15 is 0 Å². The highest BCUT2D eigenvalue weighted by Crippen LogP contribution is 2.19. The highest BCUT2D eigenvalue weighted by Gasteiger charge is 2.24. The summed E-state index contributed by atoms with van der Waals surface area (Å²) in [5.41, 5.74) is 3.02. The number of hydrogen-bond acceptors (Lipinski definition) is 3. The lowest BCUT2D eigenvalue weighted by Crippen LogP contribution is -2.39. The van der Waals surface area contributed by atoms with Crippen molar-refractivity contribution < 1.29 is 4.79 Å². The second-order valence-electron chi connectivity index (χ2n) is 5.23. The second kappa shape index (κ2) is 5.43. The van der Waals surface area contributed by atoms with E-state index in [4.69, 9.17) is 5.26 Å². The van der Waals surface area contributed by atoms with Crippen LogP contribution in [0.4, 0.5) is 0 Å². The van der Waals surface area contributed by atoms with E-state index in [0.717, 1.165) is 29.8 Å². The maximum Gasteiger partial charge on any atom is 0.227 e. The molecule has 19 heavy (non-hydrogen) atoms. The van der Waals surface area contributed by atoms with Gasteiger partial charge in [-0.1, -0.05) is 0 Å². The summed E-state index contributed by atoms with van der Waals surface area (Å²) in [6, 6.07) is 2.28. The summed E-state index contributed by atoms with van der Waals surface area (Å²) in [5, 5.41) is 13.2. The van der Waals surface area contributed by atoms with Gasteiger partial charge in [0.1, 0.15) is 0 Å². The average molecular weight is 260 g/mol. The zero-order valence-electron chi connectivity index (χ0n) is 11.8. The van der Waals surface area contributed by atoms with Crippen LogP contribution in [0.25, 0.3) is 0 Å². The Morgan fingerprint density at radius 1 is 1.42 bits per heavy atom. The number of amides is 1. The van der Waals surface area contributed by atoms with E-state index in [9.17, 15) is 4.79 Å². The average Bonchev–Trinajstić information content (AvgIpc) is 2.65. The molecule has 0 bridgehead atoms. The van der Waals surface area contributed by atoms with E-state index in [2.05, 4.69) is 11.2 Å². The highest BCUT2D eigenvalue weighted by molar-refractivity contribution is 5.79. The van der Waals surface area contributed by atoms with Gasteiger partial charge in [-0.3, -0.25) is 9.48 Å². The summed E-state index contributed by atoms with van der Waals surface area (Å²) in [5.74, 6) is 0.265. The maximum absolute atomic E-state index is 12.3. The molecule has 0 atom stereocenters. The minimum atomic E-state index is 0.117. The molecule has 1 aromatic rings. The third kappa shape index (κ3) is 2.78. The van der Waals surface area contributed by atoms with Gasteiger partial charge in [0.25, 0.3) is 0 Å². The fourth-order valence-electron chi connectivity index (χ4n) is 2.59. The van der Waals surface area contributed by atoms with Crippen molar-refractivity contribution >= 4 is 5.91 Å². The predicted molar refractivity (Wildman–Crippen MR) is 71.3 cm³/mol. The maximum atomic E-state index is 12.3. The van der Waals surface area contributed by atoms with Crippen LogP contribution in [0.3, 0.4) is 0 Å². The van der Waals surface area contributed by atoms with Crippen LogP contribution in [0, 0.1) is 31.1 Å². The van der Waals surface area contributed by atoms with E-state index < -0.39 is 0 Å². The zero-order chi connectivity index (χ0) is 14.0. The van der Waals surface area contributed by atoms with Crippen LogP contribution in [0.5, 0.6) is 0 Å². The number of rotatable bonds is 2. The molecule has 5 heteroatoms. The molecule has 102 valence electrons. The van der Waals surface area contributed by atoms with Crippen LogP contribution in [0.1, 0.15) is 29.8 Å². The van der Waals surface area contributed by atoms with Gasteiger partial charge in [-0.25, -0.2) is 0 Å². The molecule has 0 aliphatic carbocycles. The van der Waals surface area contributed by atoms with Gasteiger partial charge in [-0.2, -0.15) is 10.4 Å². The summed E-state index contributed by atoms with van der Waals surface area (Å²) < 4.78 is 1.82. The van der Waals surface area contributed by atoms with Crippen molar-refractivity contribution in [3.05, 3.63) is 17.0 Å². The van der Waals surface area contributed by atoms with Gasteiger partial charge in [-0.05, 0) is 26.7 Å². The van der Waals surface area contributed by atoms with Gasteiger partial charge in [0.2, 0.25) is 5.91 Å². The first-order valence-electron chi connectivity index (χ1n) is 6.69. The lowest BCUT2D eigenvalue weighted by molar-refractivity contribution is -0.131. The van der Waals surface area contributed by atoms with Crippen LogP contribution >= 0.6 is 0 Å². The Labute approximate surface area is 113 Å². The lowest BCUT2D eigenvalue weighted by Gasteiger charge is -2.29. The molecule has 1 saturated heterocycles. The lowest BCUT2D eigenvalue weighted by atomic mass is 9.98. The fourth-order valence-corrected chi connectivity index (χ4v) is 2.59. The van der Waals surface area contributed by atoms with E-state index in [0.29, 0.717) is 19.5 Å². The second-order valence-corrected chi connectivity index (χ2v) is 5.23.